The van der Waals surface area contributed by atoms with Crippen LogP contribution in [0, 0.1) is 5.82 Å². The van der Waals surface area contributed by atoms with Crippen LogP contribution < -0.4 is 11.3 Å². The van der Waals surface area contributed by atoms with Gasteiger partial charge in [-0.05, 0) is 56.5 Å². The van der Waals surface area contributed by atoms with Crippen LogP contribution in [0.15, 0.2) is 41.2 Å². The molecule has 2 heterocycles. The van der Waals surface area contributed by atoms with Crippen LogP contribution >= 0.6 is 0 Å². The van der Waals surface area contributed by atoms with Gasteiger partial charge < -0.3 is 10.6 Å². The van der Waals surface area contributed by atoms with Crippen LogP contribution in [-0.4, -0.2) is 39.2 Å². The van der Waals surface area contributed by atoms with Gasteiger partial charge >= 0.3 is 0 Å². The van der Waals surface area contributed by atoms with Crippen LogP contribution in [0.5, 0.6) is 0 Å². The normalized spacial score (nSPS) is 18.8. The number of likely N-dealkylation sites (tertiary alicyclic amines) is 1. The molecule has 1 aromatic heterocycles. The van der Waals surface area contributed by atoms with Gasteiger partial charge in [0.1, 0.15) is 11.5 Å². The lowest BCUT2D eigenvalue weighted by Gasteiger charge is -2.37. The first-order chi connectivity index (χ1) is 12.0. The van der Waals surface area contributed by atoms with E-state index in [9.17, 15) is 14.0 Å². The Kier molecular flexibility index (Phi) is 4.94. The van der Waals surface area contributed by atoms with Gasteiger partial charge in [0, 0.05) is 24.7 Å². The molecule has 0 bridgehead atoms. The average Bonchev–Trinajstić information content (AvgIpc) is 2.62. The molecule has 7 heteroatoms. The van der Waals surface area contributed by atoms with Crippen LogP contribution in [0.1, 0.15) is 36.7 Å². The Morgan fingerprint density at radius 2 is 1.96 bits per heavy atom. The van der Waals surface area contributed by atoms with E-state index in [0.29, 0.717) is 12.2 Å². The van der Waals surface area contributed by atoms with E-state index in [2.05, 4.69) is 5.10 Å². The van der Waals surface area contributed by atoms with Gasteiger partial charge in [-0.25, -0.2) is 4.39 Å². The van der Waals surface area contributed by atoms with Crippen LogP contribution in [0.4, 0.5) is 4.39 Å². The van der Waals surface area contributed by atoms with Crippen molar-refractivity contribution >= 4 is 5.91 Å². The maximum atomic E-state index is 13.1. The summed E-state index contributed by atoms with van der Waals surface area (Å²) in [4.78, 5) is 26.7. The molecule has 0 spiro atoms. The summed E-state index contributed by atoms with van der Waals surface area (Å²) in [6.45, 7) is 2.52. The van der Waals surface area contributed by atoms with Crippen molar-refractivity contribution in [2.45, 2.75) is 38.3 Å². The minimum atomic E-state index is -0.405. The number of amides is 1. The first-order valence-corrected chi connectivity index (χ1v) is 8.40. The highest BCUT2D eigenvalue weighted by Crippen LogP contribution is 2.21. The van der Waals surface area contributed by atoms with Crippen molar-refractivity contribution in [2.75, 3.05) is 6.54 Å². The standard InChI is InChI=1S/C18H21FN4O2/c1-12(20)16-4-2-3-11-22(16)18(25)15-9-10-17(24)23(21-15)14-7-5-13(19)6-8-14/h5-10,12,16H,2-4,11,20H2,1H3/t12-,16-/m1/s1. The molecular weight excluding hydrogens is 323 g/mol. The minimum Gasteiger partial charge on any atom is -0.333 e. The molecule has 2 N–H and O–H groups in total. The molecule has 1 fully saturated rings. The van der Waals surface area contributed by atoms with Gasteiger partial charge in [0.15, 0.2) is 0 Å². The van der Waals surface area contributed by atoms with E-state index in [0.717, 1.165) is 23.9 Å². The molecule has 1 saturated heterocycles. The second-order valence-electron chi connectivity index (χ2n) is 6.37. The second kappa shape index (κ2) is 7.14. The number of piperidine rings is 1. The van der Waals surface area contributed by atoms with Crippen LogP contribution in [0.25, 0.3) is 5.69 Å². The van der Waals surface area contributed by atoms with E-state index < -0.39 is 5.82 Å². The van der Waals surface area contributed by atoms with E-state index in [1.54, 1.807) is 4.90 Å². The maximum absolute atomic E-state index is 13.1. The number of halogens is 1. The molecule has 1 aliphatic rings. The van der Waals surface area contributed by atoms with E-state index in [1.165, 1.54) is 36.4 Å². The summed E-state index contributed by atoms with van der Waals surface area (Å²) in [5, 5.41) is 4.19. The Morgan fingerprint density at radius 1 is 1.24 bits per heavy atom. The van der Waals surface area contributed by atoms with E-state index >= 15 is 0 Å². The van der Waals surface area contributed by atoms with Gasteiger partial charge in [0.05, 0.1) is 5.69 Å². The number of benzene rings is 1. The zero-order chi connectivity index (χ0) is 18.0. The van der Waals surface area contributed by atoms with Crippen molar-refractivity contribution < 1.29 is 9.18 Å². The molecule has 0 aliphatic carbocycles. The SMILES string of the molecule is C[C@@H](N)[C@H]1CCCCN1C(=O)c1ccc(=O)n(-c2ccc(F)cc2)n1. The third-order valence-corrected chi connectivity index (χ3v) is 4.51. The molecule has 0 saturated carbocycles. The van der Waals surface area contributed by atoms with Crippen molar-refractivity contribution in [3.8, 4) is 5.69 Å². The van der Waals surface area contributed by atoms with Gasteiger partial charge in [-0.3, -0.25) is 9.59 Å². The highest BCUT2D eigenvalue weighted by Gasteiger charge is 2.30. The topological polar surface area (TPSA) is 81.2 Å². The molecule has 1 amide bonds. The van der Waals surface area contributed by atoms with Gasteiger partial charge in [0.2, 0.25) is 0 Å². The van der Waals surface area contributed by atoms with Crippen LogP contribution in [-0.2, 0) is 0 Å². The number of rotatable bonds is 3. The zero-order valence-electron chi connectivity index (χ0n) is 14.1. The smallest absolute Gasteiger partial charge is 0.274 e. The number of hydrogen-bond acceptors (Lipinski definition) is 4. The minimum absolute atomic E-state index is 0.0331. The quantitative estimate of drug-likeness (QED) is 0.919. The van der Waals surface area contributed by atoms with Crippen molar-refractivity contribution in [3.63, 3.8) is 0 Å². The number of nitrogens with two attached hydrogens (primary N) is 1. The summed E-state index contributed by atoms with van der Waals surface area (Å²) < 4.78 is 14.2. The third kappa shape index (κ3) is 3.61. The lowest BCUT2D eigenvalue weighted by Crippen LogP contribution is -2.52. The van der Waals surface area contributed by atoms with Gasteiger partial charge in [-0.1, -0.05) is 0 Å². The van der Waals surface area contributed by atoms with E-state index in [4.69, 9.17) is 5.73 Å². The summed E-state index contributed by atoms with van der Waals surface area (Å²) in [7, 11) is 0. The molecule has 1 aliphatic heterocycles. The highest BCUT2D eigenvalue weighted by molar-refractivity contribution is 5.92. The van der Waals surface area contributed by atoms with E-state index in [-0.39, 0.29) is 29.2 Å². The predicted molar refractivity (Wildman–Crippen MR) is 92.1 cm³/mol. The molecular formula is C18H21FN4O2. The fourth-order valence-corrected chi connectivity index (χ4v) is 3.20. The predicted octanol–water partition coefficient (Wildman–Crippen LogP) is 1.71. The zero-order valence-corrected chi connectivity index (χ0v) is 14.1. The fraction of sp³-hybridized carbons (Fsp3) is 0.389. The second-order valence-corrected chi connectivity index (χ2v) is 6.37. The average molecular weight is 344 g/mol. The summed E-state index contributed by atoms with van der Waals surface area (Å²) in [5.41, 5.74) is 6.23. The largest absolute Gasteiger partial charge is 0.333 e. The van der Waals surface area contributed by atoms with E-state index in [1.807, 2.05) is 6.92 Å². The van der Waals surface area contributed by atoms with Crippen molar-refractivity contribution in [2.24, 2.45) is 5.73 Å². The van der Waals surface area contributed by atoms with Gasteiger partial charge in [0.25, 0.3) is 11.5 Å². The van der Waals surface area contributed by atoms with Crippen LogP contribution in [0.2, 0.25) is 0 Å². The molecule has 2 aromatic rings. The summed E-state index contributed by atoms with van der Waals surface area (Å²) in [6, 6.07) is 7.95. The van der Waals surface area contributed by atoms with Crippen LogP contribution in [0.3, 0.4) is 0 Å². The molecule has 3 rings (SSSR count). The number of carbonyl (C=O) groups excluding carboxylic acids is 1. The Labute approximate surface area is 145 Å². The first-order valence-electron chi connectivity index (χ1n) is 8.40. The number of aromatic nitrogens is 2. The summed E-state index contributed by atoms with van der Waals surface area (Å²) in [6.07, 6.45) is 2.83. The Bertz CT molecular complexity index is 817. The third-order valence-electron chi connectivity index (χ3n) is 4.51. The monoisotopic (exact) mass is 344 g/mol. The Hall–Kier alpha value is -2.54. The van der Waals surface area contributed by atoms with Crippen molar-refractivity contribution in [3.05, 3.63) is 58.3 Å². The highest BCUT2D eigenvalue weighted by atomic mass is 19.1. The van der Waals surface area contributed by atoms with Crippen molar-refractivity contribution in [1.29, 1.82) is 0 Å². The van der Waals surface area contributed by atoms with Gasteiger partial charge in [-0.2, -0.15) is 9.78 Å². The van der Waals surface area contributed by atoms with Crippen molar-refractivity contribution in [1.82, 2.24) is 14.7 Å². The molecule has 25 heavy (non-hydrogen) atoms. The Morgan fingerprint density at radius 3 is 2.64 bits per heavy atom. The maximum Gasteiger partial charge on any atom is 0.274 e. The molecule has 2 atom stereocenters. The number of carbonyl (C=O) groups is 1. The summed E-state index contributed by atoms with van der Waals surface area (Å²) >= 11 is 0. The number of hydrogen-bond donors (Lipinski definition) is 1. The molecule has 1 aromatic carbocycles. The lowest BCUT2D eigenvalue weighted by molar-refractivity contribution is 0.0575. The summed E-state index contributed by atoms with van der Waals surface area (Å²) in [5.74, 6) is -0.644. The number of nitrogens with zero attached hydrogens (tertiary/aromatic N) is 3. The van der Waals surface area contributed by atoms with Gasteiger partial charge in [-0.15, -0.1) is 0 Å². The molecule has 132 valence electrons. The first kappa shape index (κ1) is 17.3. The molecule has 6 nitrogen and oxygen atoms in total. The fourth-order valence-electron chi connectivity index (χ4n) is 3.20. The Balaban J connectivity index is 1.94. The molecule has 0 radical (unpaired) electrons. The molecule has 0 unspecified atom stereocenters. The lowest BCUT2D eigenvalue weighted by atomic mass is 9.96.